The standard InChI is InChI=1S/C19H21BrN2O/c1-22(12-14-5-8-17(20)9-6-14)13-19(23)21-18-10-7-15-3-2-4-16(15)11-18/h5-11H,2-4,12-13H2,1H3,(H,21,23)/p+1. The van der Waals surface area contributed by atoms with Crippen molar-refractivity contribution in [3.05, 3.63) is 63.6 Å². The van der Waals surface area contributed by atoms with Gasteiger partial charge in [-0.15, -0.1) is 0 Å². The van der Waals surface area contributed by atoms with Crippen LogP contribution in [0.4, 0.5) is 5.69 Å². The molecule has 3 rings (SSSR count). The SMILES string of the molecule is C[NH+](CC(=O)Nc1ccc2c(c1)CCC2)Cc1ccc(Br)cc1. The molecule has 3 nitrogen and oxygen atoms in total. The van der Waals surface area contributed by atoms with Crippen LogP contribution >= 0.6 is 15.9 Å². The van der Waals surface area contributed by atoms with Crippen molar-refractivity contribution in [3.8, 4) is 0 Å². The fraction of sp³-hybridized carbons (Fsp3) is 0.316. The summed E-state index contributed by atoms with van der Waals surface area (Å²) in [6.07, 6.45) is 3.53. The number of carbonyl (C=O) groups excluding carboxylic acids is 1. The number of quaternary nitrogens is 1. The molecule has 2 N–H and O–H groups in total. The summed E-state index contributed by atoms with van der Waals surface area (Å²) < 4.78 is 1.08. The molecule has 1 aliphatic carbocycles. The van der Waals surface area contributed by atoms with E-state index in [9.17, 15) is 4.79 Å². The lowest BCUT2D eigenvalue weighted by Gasteiger charge is -2.14. The average molecular weight is 374 g/mol. The third-order valence-corrected chi connectivity index (χ3v) is 4.79. The van der Waals surface area contributed by atoms with E-state index in [1.165, 1.54) is 34.4 Å². The van der Waals surface area contributed by atoms with E-state index in [0.717, 1.165) is 23.1 Å². The highest BCUT2D eigenvalue weighted by Crippen LogP contribution is 2.24. The molecule has 0 heterocycles. The number of carbonyl (C=O) groups is 1. The van der Waals surface area contributed by atoms with Gasteiger partial charge in [0.2, 0.25) is 0 Å². The van der Waals surface area contributed by atoms with E-state index in [4.69, 9.17) is 0 Å². The van der Waals surface area contributed by atoms with Crippen molar-refractivity contribution in [1.29, 1.82) is 0 Å². The fourth-order valence-electron chi connectivity index (χ4n) is 3.14. The zero-order chi connectivity index (χ0) is 16.2. The summed E-state index contributed by atoms with van der Waals surface area (Å²) in [6, 6.07) is 14.5. The smallest absolute Gasteiger partial charge is 0.279 e. The average Bonchev–Trinajstić information content (AvgIpc) is 2.97. The van der Waals surface area contributed by atoms with E-state index in [1.54, 1.807) is 0 Å². The molecule has 120 valence electrons. The molecular formula is C19H22BrN2O+. The van der Waals surface area contributed by atoms with Gasteiger partial charge in [0.15, 0.2) is 6.54 Å². The molecule has 1 amide bonds. The Hall–Kier alpha value is -1.65. The minimum absolute atomic E-state index is 0.0672. The van der Waals surface area contributed by atoms with E-state index >= 15 is 0 Å². The van der Waals surface area contributed by atoms with E-state index in [2.05, 4.69) is 45.5 Å². The number of rotatable bonds is 5. The van der Waals surface area contributed by atoms with Gasteiger partial charge in [-0.05, 0) is 54.7 Å². The highest BCUT2D eigenvalue weighted by atomic mass is 79.9. The first kappa shape index (κ1) is 16.2. The van der Waals surface area contributed by atoms with Crippen LogP contribution in [0.5, 0.6) is 0 Å². The monoisotopic (exact) mass is 373 g/mol. The lowest BCUT2D eigenvalue weighted by Crippen LogP contribution is -3.08. The van der Waals surface area contributed by atoms with Gasteiger partial charge in [-0.1, -0.05) is 34.1 Å². The Bertz CT molecular complexity index is 697. The van der Waals surface area contributed by atoms with Crippen molar-refractivity contribution in [2.24, 2.45) is 0 Å². The molecule has 0 spiro atoms. The summed E-state index contributed by atoms with van der Waals surface area (Å²) in [7, 11) is 2.05. The molecule has 0 bridgehead atoms. The predicted molar refractivity (Wildman–Crippen MR) is 96.7 cm³/mol. The number of hydrogen-bond donors (Lipinski definition) is 2. The summed E-state index contributed by atoms with van der Waals surface area (Å²) >= 11 is 3.44. The molecule has 4 heteroatoms. The Balaban J connectivity index is 1.53. The molecule has 0 fully saturated rings. The van der Waals surface area contributed by atoms with Gasteiger partial charge >= 0.3 is 0 Å². The molecule has 2 aromatic carbocycles. The number of nitrogens with one attached hydrogen (secondary N) is 2. The van der Waals surface area contributed by atoms with Gasteiger partial charge in [0.05, 0.1) is 7.05 Å². The fourth-order valence-corrected chi connectivity index (χ4v) is 3.41. The third kappa shape index (κ3) is 4.43. The maximum atomic E-state index is 12.2. The first-order valence-corrected chi connectivity index (χ1v) is 8.87. The van der Waals surface area contributed by atoms with Crippen molar-refractivity contribution >= 4 is 27.5 Å². The van der Waals surface area contributed by atoms with Crippen molar-refractivity contribution in [2.45, 2.75) is 25.8 Å². The third-order valence-electron chi connectivity index (χ3n) is 4.26. The molecule has 1 atom stereocenters. The summed E-state index contributed by atoms with van der Waals surface area (Å²) in [5.74, 6) is 0.0672. The quantitative estimate of drug-likeness (QED) is 0.829. The summed E-state index contributed by atoms with van der Waals surface area (Å²) in [4.78, 5) is 13.4. The molecular weight excluding hydrogens is 352 g/mol. The van der Waals surface area contributed by atoms with E-state index in [-0.39, 0.29) is 5.91 Å². The number of benzene rings is 2. The molecule has 23 heavy (non-hydrogen) atoms. The van der Waals surface area contributed by atoms with Crippen molar-refractivity contribution < 1.29 is 9.69 Å². The summed E-state index contributed by atoms with van der Waals surface area (Å²) in [5.41, 5.74) is 4.97. The maximum absolute atomic E-state index is 12.2. The first-order valence-electron chi connectivity index (χ1n) is 8.07. The van der Waals surface area contributed by atoms with Gasteiger partial charge in [0, 0.05) is 15.7 Å². The minimum Gasteiger partial charge on any atom is -0.326 e. The molecule has 0 aliphatic heterocycles. The predicted octanol–water partition coefficient (Wildman–Crippen LogP) is 2.59. The molecule has 0 saturated carbocycles. The molecule has 1 aliphatic rings. The highest BCUT2D eigenvalue weighted by Gasteiger charge is 2.14. The Morgan fingerprint density at radius 1 is 1.13 bits per heavy atom. The van der Waals surface area contributed by atoms with Crippen LogP contribution in [0.25, 0.3) is 0 Å². The number of aryl methyl sites for hydroxylation is 2. The second kappa shape index (κ2) is 7.28. The van der Waals surface area contributed by atoms with Crippen LogP contribution in [0, 0.1) is 0 Å². The number of likely N-dealkylation sites (N-methyl/N-ethyl adjacent to an activating group) is 1. The van der Waals surface area contributed by atoms with Gasteiger partial charge < -0.3 is 10.2 Å². The Morgan fingerprint density at radius 3 is 2.65 bits per heavy atom. The Kier molecular flexibility index (Phi) is 5.13. The van der Waals surface area contributed by atoms with Crippen LogP contribution in [0.1, 0.15) is 23.1 Å². The van der Waals surface area contributed by atoms with E-state index in [0.29, 0.717) is 6.54 Å². The minimum atomic E-state index is 0.0672. The van der Waals surface area contributed by atoms with Crippen LogP contribution in [0.3, 0.4) is 0 Å². The normalized spacial score (nSPS) is 14.3. The van der Waals surface area contributed by atoms with Crippen LogP contribution < -0.4 is 10.2 Å². The van der Waals surface area contributed by atoms with Crippen LogP contribution in [0.15, 0.2) is 46.9 Å². The second-order valence-corrected chi connectivity index (χ2v) is 7.24. The Labute approximate surface area is 145 Å². The Morgan fingerprint density at radius 2 is 1.87 bits per heavy atom. The van der Waals surface area contributed by atoms with E-state index in [1.807, 2.05) is 25.2 Å². The lowest BCUT2D eigenvalue weighted by molar-refractivity contribution is -0.885. The van der Waals surface area contributed by atoms with Crippen LogP contribution in [0.2, 0.25) is 0 Å². The van der Waals surface area contributed by atoms with E-state index < -0.39 is 0 Å². The van der Waals surface area contributed by atoms with Crippen molar-refractivity contribution in [1.82, 2.24) is 0 Å². The van der Waals surface area contributed by atoms with Crippen molar-refractivity contribution in [3.63, 3.8) is 0 Å². The van der Waals surface area contributed by atoms with Gasteiger partial charge in [0.1, 0.15) is 6.54 Å². The molecule has 0 aromatic heterocycles. The summed E-state index contributed by atoms with van der Waals surface area (Å²) in [5, 5.41) is 3.03. The highest BCUT2D eigenvalue weighted by molar-refractivity contribution is 9.10. The zero-order valence-corrected chi connectivity index (χ0v) is 14.9. The largest absolute Gasteiger partial charge is 0.326 e. The van der Waals surface area contributed by atoms with Crippen molar-refractivity contribution in [2.75, 3.05) is 18.9 Å². The maximum Gasteiger partial charge on any atom is 0.279 e. The lowest BCUT2D eigenvalue weighted by atomic mass is 10.1. The van der Waals surface area contributed by atoms with Crippen LogP contribution in [-0.4, -0.2) is 19.5 Å². The van der Waals surface area contributed by atoms with Gasteiger partial charge in [-0.3, -0.25) is 4.79 Å². The number of halogens is 1. The molecule has 0 radical (unpaired) electrons. The second-order valence-electron chi connectivity index (χ2n) is 6.32. The summed E-state index contributed by atoms with van der Waals surface area (Å²) in [6.45, 7) is 1.30. The zero-order valence-electron chi connectivity index (χ0n) is 13.4. The number of anilines is 1. The topological polar surface area (TPSA) is 33.5 Å². The molecule has 2 aromatic rings. The molecule has 1 unspecified atom stereocenters. The van der Waals surface area contributed by atoms with Gasteiger partial charge in [0.25, 0.3) is 5.91 Å². The van der Waals surface area contributed by atoms with Gasteiger partial charge in [-0.25, -0.2) is 0 Å². The van der Waals surface area contributed by atoms with Crippen LogP contribution in [-0.2, 0) is 24.2 Å². The van der Waals surface area contributed by atoms with Gasteiger partial charge in [-0.2, -0.15) is 0 Å². The first-order chi connectivity index (χ1) is 11.1. The number of fused-ring (bicyclic) bond motifs is 1. The molecule has 0 saturated heterocycles. The number of hydrogen-bond acceptors (Lipinski definition) is 1. The number of amides is 1.